The standard InChI is InChI=1S/C8H17N3O/c1-6-5-10(2)7(4-9)8(12)11(6)3/h6-7H,4-5,9H2,1-3H3. The van der Waals surface area contributed by atoms with Crippen LogP contribution in [0.25, 0.3) is 0 Å². The van der Waals surface area contributed by atoms with Crippen LogP contribution in [-0.2, 0) is 4.79 Å². The molecule has 0 aromatic heterocycles. The van der Waals surface area contributed by atoms with Gasteiger partial charge in [-0.05, 0) is 14.0 Å². The smallest absolute Gasteiger partial charge is 0.241 e. The van der Waals surface area contributed by atoms with Crippen LogP contribution in [0.1, 0.15) is 6.92 Å². The maximum absolute atomic E-state index is 11.6. The van der Waals surface area contributed by atoms with Crippen molar-refractivity contribution in [2.75, 3.05) is 27.2 Å². The number of hydrogen-bond donors (Lipinski definition) is 1. The fraction of sp³-hybridized carbons (Fsp3) is 0.875. The van der Waals surface area contributed by atoms with Crippen molar-refractivity contribution in [1.82, 2.24) is 9.80 Å². The number of likely N-dealkylation sites (N-methyl/N-ethyl adjacent to an activating group) is 2. The highest BCUT2D eigenvalue weighted by Crippen LogP contribution is 2.11. The summed E-state index contributed by atoms with van der Waals surface area (Å²) < 4.78 is 0. The average molecular weight is 171 g/mol. The van der Waals surface area contributed by atoms with Crippen LogP contribution in [0.5, 0.6) is 0 Å². The van der Waals surface area contributed by atoms with Crippen molar-refractivity contribution in [3.8, 4) is 0 Å². The van der Waals surface area contributed by atoms with Gasteiger partial charge < -0.3 is 10.6 Å². The number of nitrogens with zero attached hydrogens (tertiary/aromatic N) is 2. The Balaban J connectivity index is 2.72. The second-order valence-corrected chi connectivity index (χ2v) is 3.49. The van der Waals surface area contributed by atoms with E-state index >= 15 is 0 Å². The SMILES string of the molecule is CC1CN(C)C(CN)C(=O)N1C. The Morgan fingerprint density at radius 2 is 2.17 bits per heavy atom. The van der Waals surface area contributed by atoms with Gasteiger partial charge in [-0.2, -0.15) is 0 Å². The normalized spacial score (nSPS) is 32.7. The number of hydrogen-bond acceptors (Lipinski definition) is 3. The van der Waals surface area contributed by atoms with Crippen molar-refractivity contribution >= 4 is 5.91 Å². The summed E-state index contributed by atoms with van der Waals surface area (Å²) in [5.41, 5.74) is 5.50. The van der Waals surface area contributed by atoms with Gasteiger partial charge in [-0.15, -0.1) is 0 Å². The molecule has 1 aliphatic rings. The molecule has 2 N–H and O–H groups in total. The summed E-state index contributed by atoms with van der Waals surface area (Å²) >= 11 is 0. The largest absolute Gasteiger partial charge is 0.340 e. The summed E-state index contributed by atoms with van der Waals surface area (Å²) in [6.07, 6.45) is 0. The summed E-state index contributed by atoms with van der Waals surface area (Å²) in [5, 5.41) is 0. The molecule has 0 aliphatic carbocycles. The maximum Gasteiger partial charge on any atom is 0.241 e. The molecule has 0 radical (unpaired) electrons. The third kappa shape index (κ3) is 1.44. The van der Waals surface area contributed by atoms with Crippen molar-refractivity contribution in [3.05, 3.63) is 0 Å². The van der Waals surface area contributed by atoms with Crippen LogP contribution in [0, 0.1) is 0 Å². The Bertz CT molecular complexity index is 183. The predicted octanol–water partition coefficient (Wildman–Crippen LogP) is -0.894. The molecule has 12 heavy (non-hydrogen) atoms. The van der Waals surface area contributed by atoms with Gasteiger partial charge in [-0.25, -0.2) is 0 Å². The predicted molar refractivity (Wildman–Crippen MR) is 47.7 cm³/mol. The van der Waals surface area contributed by atoms with Gasteiger partial charge in [-0.1, -0.05) is 0 Å². The van der Waals surface area contributed by atoms with Crippen LogP contribution in [0.3, 0.4) is 0 Å². The highest BCUT2D eigenvalue weighted by atomic mass is 16.2. The second-order valence-electron chi connectivity index (χ2n) is 3.49. The summed E-state index contributed by atoms with van der Waals surface area (Å²) in [7, 11) is 3.78. The Labute approximate surface area is 73.3 Å². The van der Waals surface area contributed by atoms with Gasteiger partial charge in [0.1, 0.15) is 6.04 Å². The molecule has 0 aromatic rings. The number of piperazine rings is 1. The lowest BCUT2D eigenvalue weighted by atomic mass is 10.1. The Morgan fingerprint density at radius 3 is 2.67 bits per heavy atom. The molecule has 0 aromatic carbocycles. The first-order chi connectivity index (χ1) is 5.57. The van der Waals surface area contributed by atoms with Gasteiger partial charge in [0, 0.05) is 26.2 Å². The molecule has 4 nitrogen and oxygen atoms in total. The number of amides is 1. The second kappa shape index (κ2) is 3.41. The van der Waals surface area contributed by atoms with E-state index in [0.29, 0.717) is 12.6 Å². The molecule has 1 aliphatic heterocycles. The topological polar surface area (TPSA) is 49.6 Å². The zero-order valence-electron chi connectivity index (χ0n) is 7.95. The minimum atomic E-state index is -0.119. The van der Waals surface area contributed by atoms with E-state index in [9.17, 15) is 4.79 Å². The minimum absolute atomic E-state index is 0.119. The quantitative estimate of drug-likeness (QED) is 0.556. The molecular weight excluding hydrogens is 154 g/mol. The van der Waals surface area contributed by atoms with E-state index in [-0.39, 0.29) is 11.9 Å². The van der Waals surface area contributed by atoms with Gasteiger partial charge in [-0.3, -0.25) is 9.69 Å². The molecule has 70 valence electrons. The summed E-state index contributed by atoms with van der Waals surface area (Å²) in [6.45, 7) is 3.36. The first-order valence-electron chi connectivity index (χ1n) is 4.25. The monoisotopic (exact) mass is 171 g/mol. The van der Waals surface area contributed by atoms with E-state index in [1.54, 1.807) is 4.90 Å². The van der Waals surface area contributed by atoms with Gasteiger partial charge in [0.2, 0.25) is 5.91 Å². The van der Waals surface area contributed by atoms with Gasteiger partial charge in [0.25, 0.3) is 0 Å². The van der Waals surface area contributed by atoms with Crippen LogP contribution in [0.15, 0.2) is 0 Å². The van der Waals surface area contributed by atoms with Crippen LogP contribution >= 0.6 is 0 Å². The van der Waals surface area contributed by atoms with Crippen molar-refractivity contribution in [2.24, 2.45) is 5.73 Å². The van der Waals surface area contributed by atoms with E-state index < -0.39 is 0 Å². The first-order valence-corrected chi connectivity index (χ1v) is 4.25. The molecule has 1 heterocycles. The number of rotatable bonds is 1. The first kappa shape index (κ1) is 9.48. The van der Waals surface area contributed by atoms with Gasteiger partial charge >= 0.3 is 0 Å². The van der Waals surface area contributed by atoms with E-state index in [1.165, 1.54) is 0 Å². The lowest BCUT2D eigenvalue weighted by molar-refractivity contribution is -0.141. The van der Waals surface area contributed by atoms with Crippen molar-refractivity contribution in [1.29, 1.82) is 0 Å². The molecule has 4 heteroatoms. The zero-order chi connectivity index (χ0) is 9.30. The molecule has 2 unspecified atom stereocenters. The Morgan fingerprint density at radius 1 is 1.58 bits per heavy atom. The van der Waals surface area contributed by atoms with Crippen LogP contribution in [0.2, 0.25) is 0 Å². The molecule has 0 bridgehead atoms. The van der Waals surface area contributed by atoms with Crippen LogP contribution in [0.4, 0.5) is 0 Å². The molecule has 1 amide bonds. The van der Waals surface area contributed by atoms with Gasteiger partial charge in [0.15, 0.2) is 0 Å². The lowest BCUT2D eigenvalue weighted by Crippen LogP contribution is -2.60. The minimum Gasteiger partial charge on any atom is -0.340 e. The van der Waals surface area contributed by atoms with Crippen LogP contribution < -0.4 is 5.73 Å². The molecule has 0 spiro atoms. The molecule has 1 fully saturated rings. The molecule has 1 rings (SSSR count). The average Bonchev–Trinajstić information content (AvgIpc) is 2.01. The summed E-state index contributed by atoms with van der Waals surface area (Å²) in [5.74, 6) is 0.138. The third-order valence-corrected chi connectivity index (χ3v) is 2.60. The molecular formula is C8H17N3O. The number of carbonyl (C=O) groups excluding carboxylic acids is 1. The van der Waals surface area contributed by atoms with Gasteiger partial charge in [0.05, 0.1) is 0 Å². The van der Waals surface area contributed by atoms with Crippen molar-refractivity contribution < 1.29 is 4.79 Å². The Hall–Kier alpha value is -0.610. The van der Waals surface area contributed by atoms with E-state index in [2.05, 4.69) is 0 Å². The van der Waals surface area contributed by atoms with Crippen LogP contribution in [-0.4, -0.2) is 55.0 Å². The molecule has 2 atom stereocenters. The van der Waals surface area contributed by atoms with Crippen molar-refractivity contribution in [3.63, 3.8) is 0 Å². The Kier molecular flexibility index (Phi) is 2.69. The summed E-state index contributed by atoms with van der Waals surface area (Å²) in [4.78, 5) is 15.4. The van der Waals surface area contributed by atoms with Crippen molar-refractivity contribution in [2.45, 2.75) is 19.0 Å². The highest BCUT2D eigenvalue weighted by molar-refractivity contribution is 5.83. The fourth-order valence-corrected chi connectivity index (χ4v) is 1.59. The zero-order valence-corrected chi connectivity index (χ0v) is 7.95. The molecule has 1 saturated heterocycles. The summed E-state index contributed by atoms with van der Waals surface area (Å²) in [6, 6.07) is 0.177. The fourth-order valence-electron chi connectivity index (χ4n) is 1.59. The number of nitrogens with two attached hydrogens (primary N) is 1. The number of carbonyl (C=O) groups is 1. The van der Waals surface area contributed by atoms with E-state index in [4.69, 9.17) is 5.73 Å². The lowest BCUT2D eigenvalue weighted by Gasteiger charge is -2.40. The highest BCUT2D eigenvalue weighted by Gasteiger charge is 2.33. The molecule has 0 saturated carbocycles. The third-order valence-electron chi connectivity index (χ3n) is 2.60. The van der Waals surface area contributed by atoms with E-state index in [0.717, 1.165) is 6.54 Å². The van der Waals surface area contributed by atoms with E-state index in [1.807, 2.05) is 25.9 Å². The maximum atomic E-state index is 11.6.